The van der Waals surface area contributed by atoms with Crippen molar-refractivity contribution in [3.05, 3.63) is 35.4 Å². The van der Waals surface area contributed by atoms with Crippen molar-refractivity contribution in [2.75, 3.05) is 6.54 Å². The van der Waals surface area contributed by atoms with E-state index >= 15 is 0 Å². The minimum Gasteiger partial charge on any atom is -0.330 e. The van der Waals surface area contributed by atoms with Crippen molar-refractivity contribution in [3.63, 3.8) is 0 Å². The van der Waals surface area contributed by atoms with Crippen LogP contribution in [-0.2, 0) is 0 Å². The van der Waals surface area contributed by atoms with Crippen LogP contribution in [0.2, 0.25) is 0 Å². The van der Waals surface area contributed by atoms with Gasteiger partial charge in [0.2, 0.25) is 0 Å². The van der Waals surface area contributed by atoms with E-state index in [0.29, 0.717) is 5.92 Å². The number of fused-ring (bicyclic) bond motifs is 1. The molecule has 0 radical (unpaired) electrons. The molecule has 0 saturated carbocycles. The number of hydrogen-bond donors (Lipinski definition) is 1. The van der Waals surface area contributed by atoms with Crippen LogP contribution >= 0.6 is 0 Å². The lowest BCUT2D eigenvalue weighted by Gasteiger charge is -2.15. The van der Waals surface area contributed by atoms with Crippen LogP contribution in [0.15, 0.2) is 24.3 Å². The summed E-state index contributed by atoms with van der Waals surface area (Å²) in [6.45, 7) is 5.40. The SMILES string of the molecule is CC(C)C1CC(CN)c2ccccc21. The van der Waals surface area contributed by atoms with Crippen LogP contribution in [0.1, 0.15) is 43.2 Å². The molecule has 1 heteroatoms. The van der Waals surface area contributed by atoms with Crippen LogP contribution in [0.5, 0.6) is 0 Å². The second-order valence-corrected chi connectivity index (χ2v) is 4.65. The highest BCUT2D eigenvalue weighted by Gasteiger charge is 2.31. The Labute approximate surface area is 86.3 Å². The van der Waals surface area contributed by atoms with E-state index < -0.39 is 0 Å². The molecule has 76 valence electrons. The van der Waals surface area contributed by atoms with Crippen LogP contribution < -0.4 is 5.73 Å². The van der Waals surface area contributed by atoms with Crippen molar-refractivity contribution >= 4 is 0 Å². The molecule has 2 rings (SSSR count). The van der Waals surface area contributed by atoms with Gasteiger partial charge in [-0.25, -0.2) is 0 Å². The molecule has 0 heterocycles. The molecule has 14 heavy (non-hydrogen) atoms. The second kappa shape index (κ2) is 3.74. The molecule has 0 bridgehead atoms. The summed E-state index contributed by atoms with van der Waals surface area (Å²) < 4.78 is 0. The summed E-state index contributed by atoms with van der Waals surface area (Å²) in [4.78, 5) is 0. The van der Waals surface area contributed by atoms with Gasteiger partial charge in [0.1, 0.15) is 0 Å². The molecule has 0 saturated heterocycles. The van der Waals surface area contributed by atoms with Gasteiger partial charge in [0.05, 0.1) is 0 Å². The molecule has 1 aromatic carbocycles. The molecular weight excluding hydrogens is 170 g/mol. The average molecular weight is 189 g/mol. The third kappa shape index (κ3) is 1.46. The first-order valence-electron chi connectivity index (χ1n) is 5.53. The molecule has 1 aliphatic carbocycles. The predicted octanol–water partition coefficient (Wildman–Crippen LogP) is 2.87. The van der Waals surface area contributed by atoms with Gasteiger partial charge in [-0.15, -0.1) is 0 Å². The lowest BCUT2D eigenvalue weighted by molar-refractivity contribution is 0.468. The maximum atomic E-state index is 5.81. The third-order valence-electron chi connectivity index (χ3n) is 3.46. The smallest absolute Gasteiger partial charge is 0.000791 e. The molecule has 0 aliphatic heterocycles. The van der Waals surface area contributed by atoms with Gasteiger partial charge in [0, 0.05) is 0 Å². The molecule has 2 N–H and O–H groups in total. The van der Waals surface area contributed by atoms with Crippen molar-refractivity contribution in [2.45, 2.75) is 32.1 Å². The minimum atomic E-state index is 0.596. The van der Waals surface area contributed by atoms with E-state index in [-0.39, 0.29) is 0 Å². The van der Waals surface area contributed by atoms with Gasteiger partial charge in [0.15, 0.2) is 0 Å². The zero-order valence-corrected chi connectivity index (χ0v) is 9.03. The monoisotopic (exact) mass is 189 g/mol. The molecule has 2 unspecified atom stereocenters. The van der Waals surface area contributed by atoms with Gasteiger partial charge in [-0.05, 0) is 41.8 Å². The fraction of sp³-hybridized carbons (Fsp3) is 0.538. The molecule has 0 spiro atoms. The fourth-order valence-electron chi connectivity index (χ4n) is 2.64. The van der Waals surface area contributed by atoms with Gasteiger partial charge in [-0.1, -0.05) is 38.1 Å². The maximum Gasteiger partial charge on any atom is -0.000791 e. The van der Waals surface area contributed by atoms with Crippen LogP contribution in [0.4, 0.5) is 0 Å². The Hall–Kier alpha value is -0.820. The zero-order chi connectivity index (χ0) is 10.1. The lowest BCUT2D eigenvalue weighted by atomic mass is 9.90. The molecule has 2 atom stereocenters. The van der Waals surface area contributed by atoms with Gasteiger partial charge in [-0.3, -0.25) is 0 Å². The van der Waals surface area contributed by atoms with Gasteiger partial charge in [-0.2, -0.15) is 0 Å². The number of benzene rings is 1. The van der Waals surface area contributed by atoms with E-state index in [0.717, 1.165) is 18.4 Å². The highest BCUT2D eigenvalue weighted by Crippen LogP contribution is 2.44. The van der Waals surface area contributed by atoms with Gasteiger partial charge in [0.25, 0.3) is 0 Å². The first kappa shape index (κ1) is 9.72. The van der Waals surface area contributed by atoms with Crippen LogP contribution in [-0.4, -0.2) is 6.54 Å². The minimum absolute atomic E-state index is 0.596. The molecule has 1 nitrogen and oxygen atoms in total. The average Bonchev–Trinajstić information content (AvgIpc) is 2.56. The number of rotatable bonds is 2. The van der Waals surface area contributed by atoms with Crippen molar-refractivity contribution in [1.82, 2.24) is 0 Å². The summed E-state index contributed by atoms with van der Waals surface area (Å²) >= 11 is 0. The topological polar surface area (TPSA) is 26.0 Å². The maximum absolute atomic E-state index is 5.81. The Morgan fingerprint density at radius 1 is 1.29 bits per heavy atom. The third-order valence-corrected chi connectivity index (χ3v) is 3.46. The normalized spacial score (nSPS) is 25.4. The van der Waals surface area contributed by atoms with Crippen molar-refractivity contribution < 1.29 is 0 Å². The molecular formula is C13H19N. The molecule has 0 aromatic heterocycles. The van der Waals surface area contributed by atoms with E-state index in [2.05, 4.69) is 38.1 Å². The molecule has 1 aliphatic rings. The summed E-state index contributed by atoms with van der Waals surface area (Å²) in [5, 5.41) is 0. The standard InChI is InChI=1S/C13H19N/c1-9(2)13-7-10(8-14)11-5-3-4-6-12(11)13/h3-6,9-10,13H,7-8,14H2,1-2H3. The zero-order valence-electron chi connectivity index (χ0n) is 9.03. The Balaban J connectivity index is 2.38. The Morgan fingerprint density at radius 2 is 1.93 bits per heavy atom. The number of nitrogens with two attached hydrogens (primary N) is 1. The Morgan fingerprint density at radius 3 is 2.50 bits per heavy atom. The van der Waals surface area contributed by atoms with Crippen molar-refractivity contribution in [3.8, 4) is 0 Å². The quantitative estimate of drug-likeness (QED) is 0.760. The second-order valence-electron chi connectivity index (χ2n) is 4.65. The van der Waals surface area contributed by atoms with Gasteiger partial charge < -0.3 is 5.73 Å². The highest BCUT2D eigenvalue weighted by molar-refractivity contribution is 5.38. The van der Waals surface area contributed by atoms with Crippen LogP contribution in [0.25, 0.3) is 0 Å². The first-order chi connectivity index (χ1) is 6.74. The summed E-state index contributed by atoms with van der Waals surface area (Å²) in [5.41, 5.74) is 8.84. The van der Waals surface area contributed by atoms with Crippen LogP contribution in [0.3, 0.4) is 0 Å². The first-order valence-corrected chi connectivity index (χ1v) is 5.53. The van der Waals surface area contributed by atoms with E-state index in [1.165, 1.54) is 17.5 Å². The summed E-state index contributed by atoms with van der Waals surface area (Å²) in [6, 6.07) is 8.79. The largest absolute Gasteiger partial charge is 0.330 e. The lowest BCUT2D eigenvalue weighted by Crippen LogP contribution is -2.10. The summed E-state index contributed by atoms with van der Waals surface area (Å²) in [5.74, 6) is 2.05. The summed E-state index contributed by atoms with van der Waals surface area (Å²) in [7, 11) is 0. The van der Waals surface area contributed by atoms with Gasteiger partial charge >= 0.3 is 0 Å². The predicted molar refractivity (Wildman–Crippen MR) is 60.4 cm³/mol. The molecule has 0 fully saturated rings. The van der Waals surface area contributed by atoms with Crippen molar-refractivity contribution in [1.29, 1.82) is 0 Å². The Kier molecular flexibility index (Phi) is 2.60. The van der Waals surface area contributed by atoms with E-state index in [9.17, 15) is 0 Å². The Bertz CT molecular complexity index is 317. The van der Waals surface area contributed by atoms with E-state index in [4.69, 9.17) is 5.73 Å². The molecule has 1 aromatic rings. The van der Waals surface area contributed by atoms with Crippen LogP contribution in [0, 0.1) is 5.92 Å². The number of hydrogen-bond acceptors (Lipinski definition) is 1. The highest BCUT2D eigenvalue weighted by atomic mass is 14.6. The van der Waals surface area contributed by atoms with E-state index in [1.54, 1.807) is 0 Å². The van der Waals surface area contributed by atoms with E-state index in [1.807, 2.05) is 0 Å². The summed E-state index contributed by atoms with van der Waals surface area (Å²) in [6.07, 6.45) is 1.24. The fourth-order valence-corrected chi connectivity index (χ4v) is 2.64. The molecule has 0 amide bonds. The van der Waals surface area contributed by atoms with Crippen molar-refractivity contribution in [2.24, 2.45) is 11.7 Å².